The molecule has 0 radical (unpaired) electrons. The molecule has 130 valence electrons. The van der Waals surface area contributed by atoms with Gasteiger partial charge in [0.2, 0.25) is 0 Å². The minimum Gasteiger partial charge on any atom is -0.469 e. The summed E-state index contributed by atoms with van der Waals surface area (Å²) in [7, 11) is 1.79. The van der Waals surface area contributed by atoms with Gasteiger partial charge in [-0.3, -0.25) is 9.89 Å². The van der Waals surface area contributed by atoms with E-state index in [0.717, 1.165) is 44.4 Å². The highest BCUT2D eigenvalue weighted by molar-refractivity contribution is 14.0. The van der Waals surface area contributed by atoms with Gasteiger partial charge < -0.3 is 19.8 Å². The fraction of sp³-hybridized carbons (Fsp3) is 0.688. The van der Waals surface area contributed by atoms with Crippen molar-refractivity contribution in [2.24, 2.45) is 4.99 Å². The fourth-order valence-electron chi connectivity index (χ4n) is 3.20. The Morgan fingerprint density at radius 2 is 2.35 bits per heavy atom. The molecule has 2 aliphatic heterocycles. The number of aliphatic imine (C=N–C) groups is 1. The lowest BCUT2D eigenvalue weighted by Gasteiger charge is -2.35. The minimum atomic E-state index is 0. The van der Waals surface area contributed by atoms with Crippen molar-refractivity contribution >= 4 is 29.9 Å². The number of nitrogens with one attached hydrogen (secondary N) is 2. The molecule has 6 nitrogen and oxygen atoms in total. The average Bonchev–Trinajstić information content (AvgIpc) is 3.21. The second kappa shape index (κ2) is 9.48. The van der Waals surface area contributed by atoms with Crippen LogP contribution >= 0.6 is 24.0 Å². The molecule has 1 aromatic rings. The summed E-state index contributed by atoms with van der Waals surface area (Å²) in [6, 6.07) is 4.55. The van der Waals surface area contributed by atoms with Gasteiger partial charge in [0.25, 0.3) is 0 Å². The average molecular weight is 434 g/mol. The van der Waals surface area contributed by atoms with Gasteiger partial charge in [0.05, 0.1) is 19.0 Å². The maximum atomic E-state index is 5.95. The van der Waals surface area contributed by atoms with Crippen molar-refractivity contribution in [3.8, 4) is 0 Å². The van der Waals surface area contributed by atoms with E-state index in [9.17, 15) is 0 Å². The molecule has 2 aliphatic rings. The van der Waals surface area contributed by atoms with Crippen LogP contribution in [0.2, 0.25) is 0 Å². The van der Waals surface area contributed by atoms with E-state index in [-0.39, 0.29) is 30.1 Å². The van der Waals surface area contributed by atoms with Crippen LogP contribution in [-0.2, 0) is 11.2 Å². The van der Waals surface area contributed by atoms with Crippen LogP contribution in [0.25, 0.3) is 0 Å². The van der Waals surface area contributed by atoms with Crippen LogP contribution in [0, 0.1) is 0 Å². The van der Waals surface area contributed by atoms with Crippen LogP contribution in [0.1, 0.15) is 18.6 Å². The number of halogens is 1. The standard InChI is InChI=1S/C16H26N4O2.HI/c1-17-16(18-7-6-14-5-3-9-21-14)19-10-15-11-20-8-2-4-13(20)12-22-15;/h3,5,9,13,15H,2,4,6-8,10-12H2,1H3,(H2,17,18,19);1H. The zero-order chi connectivity index (χ0) is 15.2. The summed E-state index contributed by atoms with van der Waals surface area (Å²) in [5.74, 6) is 1.80. The van der Waals surface area contributed by atoms with E-state index >= 15 is 0 Å². The lowest BCUT2D eigenvalue weighted by molar-refractivity contribution is -0.0453. The Morgan fingerprint density at radius 3 is 3.13 bits per heavy atom. The summed E-state index contributed by atoms with van der Waals surface area (Å²) in [5.41, 5.74) is 0. The SMILES string of the molecule is CN=C(NCCc1ccco1)NCC1CN2CCCC2CO1.I. The number of nitrogens with zero attached hydrogens (tertiary/aromatic N) is 2. The Labute approximate surface area is 155 Å². The molecule has 0 aliphatic carbocycles. The number of hydrogen-bond donors (Lipinski definition) is 2. The first-order valence-corrected chi connectivity index (χ1v) is 8.17. The Kier molecular flexibility index (Phi) is 7.64. The van der Waals surface area contributed by atoms with Crippen LogP contribution in [0.5, 0.6) is 0 Å². The molecule has 0 saturated carbocycles. The molecule has 0 bridgehead atoms. The first kappa shape index (κ1) is 18.5. The lowest BCUT2D eigenvalue weighted by atomic mass is 10.2. The van der Waals surface area contributed by atoms with Crippen molar-refractivity contribution in [2.75, 3.05) is 39.8 Å². The van der Waals surface area contributed by atoms with Gasteiger partial charge >= 0.3 is 0 Å². The molecule has 1 aromatic heterocycles. The van der Waals surface area contributed by atoms with Crippen molar-refractivity contribution < 1.29 is 9.15 Å². The molecule has 23 heavy (non-hydrogen) atoms. The molecule has 0 aromatic carbocycles. The number of ether oxygens (including phenoxy) is 1. The number of hydrogen-bond acceptors (Lipinski definition) is 4. The Bertz CT molecular complexity index is 480. The third kappa shape index (κ3) is 5.36. The van der Waals surface area contributed by atoms with Crippen molar-refractivity contribution in [3.63, 3.8) is 0 Å². The number of rotatable bonds is 5. The molecule has 2 fully saturated rings. The lowest BCUT2D eigenvalue weighted by Crippen LogP contribution is -2.51. The van der Waals surface area contributed by atoms with E-state index in [1.54, 1.807) is 13.3 Å². The number of furan rings is 1. The normalized spacial score (nSPS) is 24.8. The number of guanidine groups is 1. The monoisotopic (exact) mass is 434 g/mol. The van der Waals surface area contributed by atoms with E-state index < -0.39 is 0 Å². The fourth-order valence-corrected chi connectivity index (χ4v) is 3.20. The van der Waals surface area contributed by atoms with Crippen LogP contribution in [0.15, 0.2) is 27.8 Å². The molecule has 3 heterocycles. The molecule has 3 rings (SSSR count). The van der Waals surface area contributed by atoms with Crippen molar-refractivity contribution in [1.82, 2.24) is 15.5 Å². The van der Waals surface area contributed by atoms with Gasteiger partial charge in [-0.05, 0) is 31.5 Å². The summed E-state index contributed by atoms with van der Waals surface area (Å²) in [6.45, 7) is 4.72. The van der Waals surface area contributed by atoms with Crippen LogP contribution in [0.4, 0.5) is 0 Å². The summed E-state index contributed by atoms with van der Waals surface area (Å²) >= 11 is 0. The van der Waals surface area contributed by atoms with Gasteiger partial charge in [0.15, 0.2) is 5.96 Å². The zero-order valence-electron chi connectivity index (χ0n) is 13.7. The zero-order valence-corrected chi connectivity index (χ0v) is 16.0. The molecular weight excluding hydrogens is 407 g/mol. The Hall–Kier alpha value is -0.800. The topological polar surface area (TPSA) is 62.0 Å². The first-order valence-electron chi connectivity index (χ1n) is 8.17. The summed E-state index contributed by atoms with van der Waals surface area (Å²) in [5, 5.41) is 6.66. The first-order chi connectivity index (χ1) is 10.8. The van der Waals surface area contributed by atoms with E-state index in [0.29, 0.717) is 6.04 Å². The Morgan fingerprint density at radius 1 is 1.43 bits per heavy atom. The highest BCUT2D eigenvalue weighted by Crippen LogP contribution is 2.22. The van der Waals surface area contributed by atoms with Crippen LogP contribution in [0.3, 0.4) is 0 Å². The molecule has 2 N–H and O–H groups in total. The minimum absolute atomic E-state index is 0. The van der Waals surface area contributed by atoms with Gasteiger partial charge in [-0.2, -0.15) is 0 Å². The van der Waals surface area contributed by atoms with Gasteiger partial charge in [-0.25, -0.2) is 0 Å². The summed E-state index contributed by atoms with van der Waals surface area (Å²) < 4.78 is 11.3. The van der Waals surface area contributed by atoms with Crippen LogP contribution < -0.4 is 10.6 Å². The maximum absolute atomic E-state index is 5.95. The van der Waals surface area contributed by atoms with E-state index in [4.69, 9.17) is 9.15 Å². The highest BCUT2D eigenvalue weighted by Gasteiger charge is 2.32. The smallest absolute Gasteiger partial charge is 0.191 e. The molecule has 0 amide bonds. The molecule has 2 atom stereocenters. The third-order valence-corrected chi connectivity index (χ3v) is 4.43. The number of morpholine rings is 1. The number of fused-ring (bicyclic) bond motifs is 1. The second-order valence-electron chi connectivity index (χ2n) is 5.96. The highest BCUT2D eigenvalue weighted by atomic mass is 127. The van der Waals surface area contributed by atoms with Crippen LogP contribution in [-0.4, -0.2) is 62.8 Å². The van der Waals surface area contributed by atoms with E-state index in [1.807, 2.05) is 12.1 Å². The molecular formula is C16H27IN4O2. The van der Waals surface area contributed by atoms with Gasteiger partial charge in [0.1, 0.15) is 5.76 Å². The molecule has 2 unspecified atom stereocenters. The maximum Gasteiger partial charge on any atom is 0.191 e. The Balaban J connectivity index is 0.00000192. The van der Waals surface area contributed by atoms with Gasteiger partial charge in [0, 0.05) is 39.1 Å². The quantitative estimate of drug-likeness (QED) is 0.418. The van der Waals surface area contributed by atoms with Crippen molar-refractivity contribution in [1.29, 1.82) is 0 Å². The van der Waals surface area contributed by atoms with Gasteiger partial charge in [-0.15, -0.1) is 24.0 Å². The van der Waals surface area contributed by atoms with E-state index in [1.165, 1.54) is 19.4 Å². The molecule has 7 heteroatoms. The third-order valence-electron chi connectivity index (χ3n) is 4.43. The molecule has 2 saturated heterocycles. The predicted octanol–water partition coefficient (Wildman–Crippen LogP) is 1.47. The van der Waals surface area contributed by atoms with Crippen molar-refractivity contribution in [3.05, 3.63) is 24.2 Å². The summed E-state index contributed by atoms with van der Waals surface area (Å²) in [4.78, 5) is 6.81. The van der Waals surface area contributed by atoms with E-state index in [2.05, 4.69) is 20.5 Å². The largest absolute Gasteiger partial charge is 0.469 e. The second-order valence-corrected chi connectivity index (χ2v) is 5.96. The van der Waals surface area contributed by atoms with Crippen molar-refractivity contribution in [2.45, 2.75) is 31.4 Å². The predicted molar refractivity (Wildman–Crippen MR) is 102 cm³/mol. The van der Waals surface area contributed by atoms with Gasteiger partial charge in [-0.1, -0.05) is 0 Å². The molecule has 0 spiro atoms. The summed E-state index contributed by atoms with van der Waals surface area (Å²) in [6.07, 6.45) is 5.40.